The zero-order chi connectivity index (χ0) is 15.5. The molecule has 0 bridgehead atoms. The summed E-state index contributed by atoms with van der Waals surface area (Å²) in [6.45, 7) is 1.14. The number of carbonyl (C=O) groups is 1. The quantitative estimate of drug-likeness (QED) is 0.858. The van der Waals surface area contributed by atoms with E-state index < -0.39 is 24.6 Å². The molecule has 1 fully saturated rings. The predicted octanol–water partition coefficient (Wildman–Crippen LogP) is 0.834. The maximum absolute atomic E-state index is 12.2. The SMILES string of the molecule is O=C(O)C1CN(c2nccc(CCC(F)(F)F)n2)CCN1. The normalized spacial score (nSPS) is 19.6. The van der Waals surface area contributed by atoms with Crippen LogP contribution < -0.4 is 10.2 Å². The summed E-state index contributed by atoms with van der Waals surface area (Å²) in [6, 6.07) is 0.702. The minimum atomic E-state index is -4.23. The van der Waals surface area contributed by atoms with Gasteiger partial charge in [-0.2, -0.15) is 13.2 Å². The summed E-state index contributed by atoms with van der Waals surface area (Å²) in [5, 5.41) is 11.8. The molecule has 21 heavy (non-hydrogen) atoms. The van der Waals surface area contributed by atoms with Crippen molar-refractivity contribution in [3.63, 3.8) is 0 Å². The van der Waals surface area contributed by atoms with Gasteiger partial charge in [0.2, 0.25) is 5.95 Å². The Morgan fingerprint density at radius 3 is 2.95 bits per heavy atom. The highest BCUT2D eigenvalue weighted by molar-refractivity contribution is 5.74. The van der Waals surface area contributed by atoms with E-state index in [-0.39, 0.29) is 18.9 Å². The topological polar surface area (TPSA) is 78.3 Å². The Balaban J connectivity index is 2.04. The van der Waals surface area contributed by atoms with E-state index in [9.17, 15) is 18.0 Å². The molecule has 1 saturated heterocycles. The van der Waals surface area contributed by atoms with E-state index in [4.69, 9.17) is 5.11 Å². The Morgan fingerprint density at radius 1 is 1.52 bits per heavy atom. The van der Waals surface area contributed by atoms with Crippen LogP contribution in [0.4, 0.5) is 19.1 Å². The lowest BCUT2D eigenvalue weighted by atomic mass is 10.2. The first-order chi connectivity index (χ1) is 9.85. The lowest BCUT2D eigenvalue weighted by molar-refractivity contribution is -0.139. The van der Waals surface area contributed by atoms with Crippen LogP contribution in [-0.4, -0.2) is 52.9 Å². The van der Waals surface area contributed by atoms with Gasteiger partial charge in [-0.1, -0.05) is 0 Å². The monoisotopic (exact) mass is 304 g/mol. The van der Waals surface area contributed by atoms with E-state index in [1.165, 1.54) is 12.3 Å². The van der Waals surface area contributed by atoms with Crippen molar-refractivity contribution in [2.45, 2.75) is 25.1 Å². The molecule has 0 aromatic carbocycles. The number of carboxylic acids is 1. The molecule has 2 N–H and O–H groups in total. The lowest BCUT2D eigenvalue weighted by Crippen LogP contribution is -2.54. The van der Waals surface area contributed by atoms with Gasteiger partial charge in [0.25, 0.3) is 0 Å². The van der Waals surface area contributed by atoms with Gasteiger partial charge >= 0.3 is 12.1 Å². The van der Waals surface area contributed by atoms with Crippen LogP contribution in [0.5, 0.6) is 0 Å². The van der Waals surface area contributed by atoms with E-state index in [2.05, 4.69) is 15.3 Å². The lowest BCUT2D eigenvalue weighted by Gasteiger charge is -2.31. The van der Waals surface area contributed by atoms with Crippen molar-refractivity contribution in [3.05, 3.63) is 18.0 Å². The molecule has 9 heteroatoms. The zero-order valence-corrected chi connectivity index (χ0v) is 11.1. The van der Waals surface area contributed by atoms with E-state index in [0.29, 0.717) is 18.8 Å². The minimum Gasteiger partial charge on any atom is -0.480 e. The summed E-state index contributed by atoms with van der Waals surface area (Å²) < 4.78 is 36.6. The molecule has 1 aromatic heterocycles. The molecule has 116 valence electrons. The van der Waals surface area contributed by atoms with Gasteiger partial charge in [-0.25, -0.2) is 9.97 Å². The molecule has 0 saturated carbocycles. The first-order valence-corrected chi connectivity index (χ1v) is 6.45. The highest BCUT2D eigenvalue weighted by atomic mass is 19.4. The molecule has 6 nitrogen and oxygen atoms in total. The summed E-state index contributed by atoms with van der Waals surface area (Å²) in [5.74, 6) is -0.713. The van der Waals surface area contributed by atoms with E-state index in [1.54, 1.807) is 4.90 Å². The number of carboxylic acid groups (broad SMARTS) is 1. The minimum absolute atomic E-state index is 0.179. The van der Waals surface area contributed by atoms with Gasteiger partial charge in [0, 0.05) is 37.9 Å². The Labute approximate surface area is 119 Å². The Bertz CT molecular complexity index is 510. The number of aliphatic carboxylic acids is 1. The zero-order valence-electron chi connectivity index (χ0n) is 11.1. The molecule has 1 unspecified atom stereocenters. The summed E-state index contributed by atoms with van der Waals surface area (Å²) in [5.41, 5.74) is 0.294. The number of hydrogen-bond acceptors (Lipinski definition) is 5. The van der Waals surface area contributed by atoms with Crippen LogP contribution in [0.15, 0.2) is 12.3 Å². The first kappa shape index (κ1) is 15.5. The molecule has 1 aliphatic heterocycles. The number of piperazine rings is 1. The molecule has 2 heterocycles. The van der Waals surface area contributed by atoms with Crippen LogP contribution in [0.1, 0.15) is 12.1 Å². The highest BCUT2D eigenvalue weighted by Crippen LogP contribution is 2.22. The molecule has 1 aromatic rings. The summed E-state index contributed by atoms with van der Waals surface area (Å²) >= 11 is 0. The van der Waals surface area contributed by atoms with Crippen molar-refractivity contribution >= 4 is 11.9 Å². The largest absolute Gasteiger partial charge is 0.480 e. The Morgan fingerprint density at radius 2 is 2.29 bits per heavy atom. The average molecular weight is 304 g/mol. The number of aromatic nitrogens is 2. The Kier molecular flexibility index (Phi) is 4.61. The fraction of sp³-hybridized carbons (Fsp3) is 0.583. The van der Waals surface area contributed by atoms with E-state index in [1.807, 2.05) is 0 Å². The van der Waals surface area contributed by atoms with Gasteiger partial charge in [0.15, 0.2) is 0 Å². The van der Waals surface area contributed by atoms with Gasteiger partial charge in [-0.3, -0.25) is 4.79 Å². The number of nitrogens with zero attached hydrogens (tertiary/aromatic N) is 3. The Hall–Kier alpha value is -1.90. The third-order valence-electron chi connectivity index (χ3n) is 3.12. The molecular formula is C12H15F3N4O2. The molecule has 0 amide bonds. The fourth-order valence-corrected chi connectivity index (χ4v) is 2.04. The number of nitrogens with one attached hydrogen (secondary N) is 1. The van der Waals surface area contributed by atoms with Crippen LogP contribution >= 0.6 is 0 Å². The van der Waals surface area contributed by atoms with Crippen LogP contribution in [0.3, 0.4) is 0 Å². The second-order valence-electron chi connectivity index (χ2n) is 4.75. The van der Waals surface area contributed by atoms with Gasteiger partial charge in [0.1, 0.15) is 6.04 Å². The predicted molar refractivity (Wildman–Crippen MR) is 68.0 cm³/mol. The van der Waals surface area contributed by atoms with Crippen molar-refractivity contribution in [2.75, 3.05) is 24.5 Å². The van der Waals surface area contributed by atoms with Gasteiger partial charge < -0.3 is 15.3 Å². The van der Waals surface area contributed by atoms with E-state index >= 15 is 0 Å². The smallest absolute Gasteiger partial charge is 0.389 e. The number of halogens is 3. The highest BCUT2D eigenvalue weighted by Gasteiger charge is 2.28. The third kappa shape index (κ3) is 4.55. The maximum atomic E-state index is 12.2. The van der Waals surface area contributed by atoms with Gasteiger partial charge in [-0.05, 0) is 12.5 Å². The van der Waals surface area contributed by atoms with Crippen molar-refractivity contribution in [1.82, 2.24) is 15.3 Å². The van der Waals surface area contributed by atoms with Crippen LogP contribution in [0.25, 0.3) is 0 Å². The second-order valence-corrected chi connectivity index (χ2v) is 4.75. The first-order valence-electron chi connectivity index (χ1n) is 6.45. The van der Waals surface area contributed by atoms with Crippen LogP contribution in [0, 0.1) is 0 Å². The van der Waals surface area contributed by atoms with Crippen LogP contribution in [0.2, 0.25) is 0 Å². The van der Waals surface area contributed by atoms with Crippen molar-refractivity contribution in [1.29, 1.82) is 0 Å². The van der Waals surface area contributed by atoms with Crippen molar-refractivity contribution in [3.8, 4) is 0 Å². The molecule has 0 radical (unpaired) electrons. The fourth-order valence-electron chi connectivity index (χ4n) is 2.04. The molecule has 1 atom stereocenters. The molecule has 2 rings (SSSR count). The number of rotatable bonds is 4. The molecule has 1 aliphatic rings. The average Bonchev–Trinajstić information content (AvgIpc) is 2.45. The summed E-state index contributed by atoms with van der Waals surface area (Å²) in [6.07, 6.45) is -3.99. The van der Waals surface area contributed by atoms with Crippen LogP contribution in [-0.2, 0) is 11.2 Å². The van der Waals surface area contributed by atoms with Gasteiger partial charge in [-0.15, -0.1) is 0 Å². The standard InChI is InChI=1S/C12H15F3N4O2/c13-12(14,15)3-1-8-2-4-17-11(18-8)19-6-5-16-9(7-19)10(20)21/h2,4,9,16H,1,3,5-7H2,(H,20,21). The number of aryl methyl sites for hydroxylation is 1. The number of alkyl halides is 3. The molecule has 0 spiro atoms. The second kappa shape index (κ2) is 6.25. The maximum Gasteiger partial charge on any atom is 0.389 e. The number of anilines is 1. The molecule has 0 aliphatic carbocycles. The summed E-state index contributed by atoms with van der Waals surface area (Å²) in [4.78, 5) is 20.7. The van der Waals surface area contributed by atoms with Crippen molar-refractivity contribution in [2.24, 2.45) is 0 Å². The number of hydrogen-bond donors (Lipinski definition) is 2. The van der Waals surface area contributed by atoms with Crippen molar-refractivity contribution < 1.29 is 23.1 Å². The van der Waals surface area contributed by atoms with Gasteiger partial charge in [0.05, 0.1) is 0 Å². The van der Waals surface area contributed by atoms with E-state index in [0.717, 1.165) is 0 Å². The molecular weight excluding hydrogens is 289 g/mol. The summed E-state index contributed by atoms with van der Waals surface area (Å²) in [7, 11) is 0. The third-order valence-corrected chi connectivity index (χ3v) is 3.12.